The number of aliphatic hydroxyl groups excluding tert-OH is 1. The van der Waals surface area contributed by atoms with Crippen molar-refractivity contribution in [3.05, 3.63) is 59.9 Å². The van der Waals surface area contributed by atoms with Crippen LogP contribution in [0.4, 0.5) is 10.5 Å². The van der Waals surface area contributed by atoms with Crippen molar-refractivity contribution in [2.45, 2.75) is 44.8 Å². The average Bonchev–Trinajstić information content (AvgIpc) is 2.60. The summed E-state index contributed by atoms with van der Waals surface area (Å²) >= 11 is 0. The Balaban J connectivity index is 1.65. The zero-order chi connectivity index (χ0) is 17.6. The van der Waals surface area contributed by atoms with Crippen LogP contribution in [-0.2, 0) is 11.3 Å². The fourth-order valence-electron chi connectivity index (χ4n) is 3.56. The van der Waals surface area contributed by atoms with E-state index in [-0.39, 0.29) is 18.6 Å². The van der Waals surface area contributed by atoms with E-state index >= 15 is 0 Å². The number of amides is 1. The molecule has 3 unspecified atom stereocenters. The first-order chi connectivity index (χ1) is 12.1. The summed E-state index contributed by atoms with van der Waals surface area (Å²) in [6, 6.07) is 11.5. The highest BCUT2D eigenvalue weighted by molar-refractivity contribution is 5.85. The molecule has 0 aliphatic heterocycles. The molecule has 0 radical (unpaired) electrons. The minimum atomic E-state index is -0.498. The minimum absolute atomic E-state index is 0.214. The molecular formula is C20H24N2O3. The van der Waals surface area contributed by atoms with E-state index < -0.39 is 6.09 Å². The normalized spacial score (nSPS) is 23.0. The number of hydrogen-bond acceptors (Lipinski definition) is 4. The summed E-state index contributed by atoms with van der Waals surface area (Å²) in [5.74, 6) is 0.672. The van der Waals surface area contributed by atoms with Gasteiger partial charge in [0.15, 0.2) is 0 Å². The summed E-state index contributed by atoms with van der Waals surface area (Å²) < 4.78 is 5.29. The van der Waals surface area contributed by atoms with Crippen LogP contribution in [0.3, 0.4) is 0 Å². The van der Waals surface area contributed by atoms with Crippen LogP contribution in [0.5, 0.6) is 0 Å². The fraction of sp³-hybridized carbons (Fsp3) is 0.400. The van der Waals surface area contributed by atoms with Gasteiger partial charge in [-0.25, -0.2) is 4.79 Å². The lowest BCUT2D eigenvalue weighted by Gasteiger charge is -2.31. The summed E-state index contributed by atoms with van der Waals surface area (Å²) in [7, 11) is 0. The third kappa shape index (κ3) is 4.79. The first-order valence-electron chi connectivity index (χ1n) is 8.71. The molecule has 1 aliphatic carbocycles. The Kier molecular flexibility index (Phi) is 5.66. The van der Waals surface area contributed by atoms with Gasteiger partial charge in [0.2, 0.25) is 0 Å². The lowest BCUT2D eigenvalue weighted by molar-refractivity contribution is 0.0947. The maximum absolute atomic E-state index is 12.1. The number of aromatic nitrogens is 1. The van der Waals surface area contributed by atoms with Crippen molar-refractivity contribution in [1.29, 1.82) is 0 Å². The molecule has 3 atom stereocenters. The van der Waals surface area contributed by atoms with Crippen molar-refractivity contribution in [2.24, 2.45) is 5.92 Å². The summed E-state index contributed by atoms with van der Waals surface area (Å²) in [5.41, 5.74) is 2.61. The van der Waals surface area contributed by atoms with Gasteiger partial charge in [-0.2, -0.15) is 0 Å². The summed E-state index contributed by atoms with van der Waals surface area (Å²) in [6.45, 7) is 2.37. The predicted octanol–water partition coefficient (Wildman–Crippen LogP) is 4.09. The molecule has 1 aromatic heterocycles. The Bertz CT molecular complexity index is 695. The Labute approximate surface area is 148 Å². The third-order valence-electron chi connectivity index (χ3n) is 4.66. The van der Waals surface area contributed by atoms with Gasteiger partial charge in [0.25, 0.3) is 0 Å². The van der Waals surface area contributed by atoms with Crippen LogP contribution in [-0.4, -0.2) is 22.3 Å². The van der Waals surface area contributed by atoms with Crippen LogP contribution >= 0.6 is 0 Å². The highest BCUT2D eigenvalue weighted by atomic mass is 16.5. The van der Waals surface area contributed by atoms with Gasteiger partial charge in [0, 0.05) is 6.20 Å². The molecule has 0 bridgehead atoms. The second-order valence-electron chi connectivity index (χ2n) is 6.81. The van der Waals surface area contributed by atoms with Crippen molar-refractivity contribution < 1.29 is 14.6 Å². The summed E-state index contributed by atoms with van der Waals surface area (Å²) in [6.07, 6.45) is 5.12. The molecule has 1 amide bonds. The lowest BCUT2D eigenvalue weighted by Crippen LogP contribution is -2.25. The second kappa shape index (κ2) is 8.12. The lowest BCUT2D eigenvalue weighted by atomic mass is 9.77. The standard InChI is InChI=1S/C20H24N2O3/c1-14-9-16(11-17(23)10-14)18-7-8-21-12-19(18)22-20(24)25-13-15-5-3-2-4-6-15/h2-8,12,14,16-17,23H,9-11,13H2,1H3,(H,22,24). The largest absolute Gasteiger partial charge is 0.444 e. The first kappa shape index (κ1) is 17.4. The molecule has 1 fully saturated rings. The van der Waals surface area contributed by atoms with Crippen LogP contribution < -0.4 is 5.32 Å². The zero-order valence-electron chi connectivity index (χ0n) is 14.4. The number of benzene rings is 1. The van der Waals surface area contributed by atoms with Crippen molar-refractivity contribution in [2.75, 3.05) is 5.32 Å². The molecule has 5 nitrogen and oxygen atoms in total. The molecule has 2 N–H and O–H groups in total. The third-order valence-corrected chi connectivity index (χ3v) is 4.66. The number of carbonyl (C=O) groups is 1. The molecule has 0 saturated heterocycles. The SMILES string of the molecule is CC1CC(O)CC(c2ccncc2NC(=O)OCc2ccccc2)C1. The first-order valence-corrected chi connectivity index (χ1v) is 8.71. The Hall–Kier alpha value is -2.40. The maximum Gasteiger partial charge on any atom is 0.412 e. The number of ether oxygens (including phenoxy) is 1. The van der Waals surface area contributed by atoms with E-state index in [0.717, 1.165) is 24.0 Å². The molecule has 3 rings (SSSR count). The van der Waals surface area contributed by atoms with Gasteiger partial charge >= 0.3 is 6.09 Å². The number of nitrogens with zero attached hydrogens (tertiary/aromatic N) is 1. The molecule has 1 heterocycles. The number of anilines is 1. The predicted molar refractivity (Wildman–Crippen MR) is 96.2 cm³/mol. The van der Waals surface area contributed by atoms with Crippen LogP contribution in [0, 0.1) is 5.92 Å². The number of nitrogens with one attached hydrogen (secondary N) is 1. The molecule has 132 valence electrons. The smallest absolute Gasteiger partial charge is 0.412 e. The van der Waals surface area contributed by atoms with E-state index in [9.17, 15) is 9.90 Å². The van der Waals surface area contributed by atoms with Crippen molar-refractivity contribution in [3.8, 4) is 0 Å². The van der Waals surface area contributed by atoms with E-state index in [1.54, 1.807) is 12.4 Å². The van der Waals surface area contributed by atoms with E-state index in [1.807, 2.05) is 36.4 Å². The van der Waals surface area contributed by atoms with Crippen LogP contribution in [0.25, 0.3) is 0 Å². The van der Waals surface area contributed by atoms with Gasteiger partial charge in [-0.05, 0) is 48.3 Å². The number of aliphatic hydroxyl groups is 1. The van der Waals surface area contributed by atoms with Gasteiger partial charge in [0.05, 0.1) is 18.0 Å². The molecule has 0 spiro atoms. The molecular weight excluding hydrogens is 316 g/mol. The maximum atomic E-state index is 12.1. The molecule has 25 heavy (non-hydrogen) atoms. The topological polar surface area (TPSA) is 71.5 Å². The Morgan fingerprint density at radius 1 is 1.24 bits per heavy atom. The van der Waals surface area contributed by atoms with Crippen LogP contribution in [0.15, 0.2) is 48.8 Å². The second-order valence-corrected chi connectivity index (χ2v) is 6.81. The number of rotatable bonds is 4. The number of carbonyl (C=O) groups excluding carboxylic acids is 1. The van der Waals surface area contributed by atoms with Gasteiger partial charge in [-0.3, -0.25) is 10.3 Å². The van der Waals surface area contributed by atoms with E-state index in [0.29, 0.717) is 18.0 Å². The summed E-state index contributed by atoms with van der Waals surface area (Å²) in [4.78, 5) is 16.3. The monoisotopic (exact) mass is 340 g/mol. The molecule has 5 heteroatoms. The zero-order valence-corrected chi connectivity index (χ0v) is 14.4. The minimum Gasteiger partial charge on any atom is -0.444 e. The number of hydrogen-bond donors (Lipinski definition) is 2. The van der Waals surface area contributed by atoms with Gasteiger partial charge in [-0.15, -0.1) is 0 Å². The van der Waals surface area contributed by atoms with E-state index in [2.05, 4.69) is 17.2 Å². The van der Waals surface area contributed by atoms with Crippen LogP contribution in [0.1, 0.15) is 43.2 Å². The quantitative estimate of drug-likeness (QED) is 0.879. The van der Waals surface area contributed by atoms with E-state index in [4.69, 9.17) is 4.74 Å². The Morgan fingerprint density at radius 3 is 2.80 bits per heavy atom. The molecule has 1 aromatic carbocycles. The van der Waals surface area contributed by atoms with Gasteiger partial charge in [0.1, 0.15) is 6.61 Å². The van der Waals surface area contributed by atoms with Crippen molar-refractivity contribution in [3.63, 3.8) is 0 Å². The van der Waals surface area contributed by atoms with Crippen molar-refractivity contribution >= 4 is 11.8 Å². The number of pyridine rings is 1. The van der Waals surface area contributed by atoms with Crippen LogP contribution in [0.2, 0.25) is 0 Å². The summed E-state index contributed by atoms with van der Waals surface area (Å²) in [5, 5.41) is 12.9. The van der Waals surface area contributed by atoms with Gasteiger partial charge < -0.3 is 9.84 Å². The highest BCUT2D eigenvalue weighted by Crippen LogP contribution is 2.38. The molecule has 1 saturated carbocycles. The van der Waals surface area contributed by atoms with E-state index in [1.165, 1.54) is 0 Å². The molecule has 2 aromatic rings. The van der Waals surface area contributed by atoms with Gasteiger partial charge in [-0.1, -0.05) is 37.3 Å². The molecule has 1 aliphatic rings. The average molecular weight is 340 g/mol. The Morgan fingerprint density at radius 2 is 2.04 bits per heavy atom. The van der Waals surface area contributed by atoms with Crippen molar-refractivity contribution in [1.82, 2.24) is 4.98 Å². The fourth-order valence-corrected chi connectivity index (χ4v) is 3.56. The highest BCUT2D eigenvalue weighted by Gasteiger charge is 2.28.